The number of hydrogen-bond donors (Lipinski definition) is 1. The summed E-state index contributed by atoms with van der Waals surface area (Å²) >= 11 is 0. The Bertz CT molecular complexity index is 151. The fourth-order valence-corrected chi connectivity index (χ4v) is 3.47. The number of hydrogen-bond acceptors (Lipinski definition) is 1. The molecule has 0 saturated heterocycles. The van der Waals surface area contributed by atoms with Crippen molar-refractivity contribution in [1.82, 2.24) is 0 Å². The lowest BCUT2D eigenvalue weighted by Crippen LogP contribution is -2.23. The number of nitrogens with two attached hydrogens (primary N) is 1. The molecule has 0 aliphatic heterocycles. The Morgan fingerprint density at radius 1 is 0.571 bits per heavy atom. The summed E-state index contributed by atoms with van der Waals surface area (Å²) in [7, 11) is 0. The van der Waals surface area contributed by atoms with Gasteiger partial charge in [-0.25, -0.2) is 0 Å². The topological polar surface area (TPSA) is 26.0 Å². The van der Waals surface area contributed by atoms with E-state index in [1.165, 1.54) is 64.2 Å². The van der Waals surface area contributed by atoms with Gasteiger partial charge in [0.2, 0.25) is 0 Å². The molecule has 0 aromatic carbocycles. The van der Waals surface area contributed by atoms with Crippen molar-refractivity contribution >= 4 is 0 Å². The molecule has 1 nitrogen and oxygen atoms in total. The molecule has 0 spiro atoms. The molecule has 0 aromatic rings. The summed E-state index contributed by atoms with van der Waals surface area (Å²) in [6.45, 7) is 0. The van der Waals surface area contributed by atoms with E-state index >= 15 is 0 Å². The second-order valence-corrected chi connectivity index (χ2v) is 5.43. The van der Waals surface area contributed by atoms with Crippen molar-refractivity contribution in [3.63, 3.8) is 0 Å². The van der Waals surface area contributed by atoms with Gasteiger partial charge in [-0.2, -0.15) is 0 Å². The number of rotatable bonds is 1. The van der Waals surface area contributed by atoms with Crippen LogP contribution in [0.25, 0.3) is 0 Å². The van der Waals surface area contributed by atoms with Crippen molar-refractivity contribution in [3.8, 4) is 0 Å². The summed E-state index contributed by atoms with van der Waals surface area (Å²) in [6.07, 6.45) is 14.3. The van der Waals surface area contributed by atoms with E-state index < -0.39 is 0 Å². The van der Waals surface area contributed by atoms with Gasteiger partial charge in [0.25, 0.3) is 0 Å². The summed E-state index contributed by atoms with van der Waals surface area (Å²) in [5.74, 6) is 2.15. The lowest BCUT2D eigenvalue weighted by atomic mass is 9.80. The van der Waals surface area contributed by atoms with Crippen molar-refractivity contribution < 1.29 is 0 Å². The van der Waals surface area contributed by atoms with Crippen molar-refractivity contribution in [3.05, 3.63) is 0 Å². The van der Waals surface area contributed by atoms with E-state index in [0.29, 0.717) is 6.04 Å². The van der Waals surface area contributed by atoms with Crippen molar-refractivity contribution in [2.45, 2.75) is 70.3 Å². The van der Waals surface area contributed by atoms with Gasteiger partial charge in [0.05, 0.1) is 0 Å². The molecular formula is C13H25N. The van der Waals surface area contributed by atoms with Gasteiger partial charge in [0.15, 0.2) is 0 Å². The molecule has 2 aliphatic rings. The molecule has 0 atom stereocenters. The Morgan fingerprint density at radius 2 is 1.00 bits per heavy atom. The van der Waals surface area contributed by atoms with E-state index in [1.807, 2.05) is 0 Å². The third kappa shape index (κ3) is 2.73. The van der Waals surface area contributed by atoms with Crippen molar-refractivity contribution in [2.24, 2.45) is 17.6 Å². The zero-order chi connectivity index (χ0) is 9.80. The van der Waals surface area contributed by atoms with Crippen molar-refractivity contribution in [2.75, 3.05) is 0 Å². The fourth-order valence-electron chi connectivity index (χ4n) is 3.47. The van der Waals surface area contributed by atoms with Gasteiger partial charge < -0.3 is 5.73 Å². The third-order valence-corrected chi connectivity index (χ3v) is 4.37. The molecule has 0 aromatic heterocycles. The van der Waals surface area contributed by atoms with E-state index in [1.54, 1.807) is 0 Å². The molecule has 2 fully saturated rings. The monoisotopic (exact) mass is 195 g/mol. The molecule has 2 rings (SSSR count). The van der Waals surface area contributed by atoms with Crippen LogP contribution in [0.3, 0.4) is 0 Å². The van der Waals surface area contributed by atoms with Crippen LogP contribution in [-0.4, -0.2) is 6.04 Å². The van der Waals surface area contributed by atoms with Crippen LogP contribution < -0.4 is 5.73 Å². The lowest BCUT2D eigenvalue weighted by Gasteiger charge is -2.27. The highest BCUT2D eigenvalue weighted by atomic mass is 14.6. The first-order valence-corrected chi connectivity index (χ1v) is 6.62. The average molecular weight is 195 g/mol. The molecule has 14 heavy (non-hydrogen) atoms. The minimum absolute atomic E-state index is 0.513. The second kappa shape index (κ2) is 5.16. The molecule has 82 valence electrons. The summed E-state index contributed by atoms with van der Waals surface area (Å²) < 4.78 is 0. The van der Waals surface area contributed by atoms with Crippen LogP contribution in [-0.2, 0) is 0 Å². The first-order valence-electron chi connectivity index (χ1n) is 6.62. The predicted molar refractivity (Wildman–Crippen MR) is 61.1 cm³/mol. The normalized spacial score (nSPS) is 36.6. The molecule has 2 N–H and O–H groups in total. The van der Waals surface area contributed by atoms with Crippen LogP contribution >= 0.6 is 0 Å². The summed E-state index contributed by atoms with van der Waals surface area (Å²) in [6, 6.07) is 0.513. The van der Waals surface area contributed by atoms with Gasteiger partial charge in [-0.1, -0.05) is 51.4 Å². The maximum absolute atomic E-state index is 6.00. The second-order valence-electron chi connectivity index (χ2n) is 5.43. The van der Waals surface area contributed by atoms with Crippen LogP contribution in [0, 0.1) is 11.8 Å². The molecule has 0 heterocycles. The van der Waals surface area contributed by atoms with E-state index in [2.05, 4.69) is 0 Å². The zero-order valence-corrected chi connectivity index (χ0v) is 9.38. The first kappa shape index (κ1) is 10.5. The minimum Gasteiger partial charge on any atom is -0.328 e. The highest BCUT2D eigenvalue weighted by Crippen LogP contribution is 2.37. The van der Waals surface area contributed by atoms with Gasteiger partial charge in [-0.05, 0) is 24.7 Å². The van der Waals surface area contributed by atoms with Crippen LogP contribution in [0.4, 0.5) is 0 Å². The van der Waals surface area contributed by atoms with Gasteiger partial charge in [0.1, 0.15) is 0 Å². The Morgan fingerprint density at radius 3 is 1.50 bits per heavy atom. The SMILES string of the molecule is NC1CCCC(C2CCCC2)CCC1. The standard InChI is InChI=1S/C13H25N/c14-13-9-3-7-12(8-4-10-13)11-5-1-2-6-11/h11-13H,1-10,14H2. The van der Waals surface area contributed by atoms with Gasteiger partial charge in [0, 0.05) is 6.04 Å². The average Bonchev–Trinajstić information content (AvgIpc) is 2.63. The highest BCUT2D eigenvalue weighted by molar-refractivity contribution is 4.78. The maximum atomic E-state index is 6.00. The fraction of sp³-hybridized carbons (Fsp3) is 1.00. The minimum atomic E-state index is 0.513. The van der Waals surface area contributed by atoms with Crippen molar-refractivity contribution in [1.29, 1.82) is 0 Å². The molecule has 0 amide bonds. The molecule has 0 bridgehead atoms. The highest BCUT2D eigenvalue weighted by Gasteiger charge is 2.25. The largest absolute Gasteiger partial charge is 0.328 e. The van der Waals surface area contributed by atoms with E-state index in [-0.39, 0.29) is 0 Å². The Labute approximate surface area is 88.4 Å². The van der Waals surface area contributed by atoms with E-state index in [4.69, 9.17) is 5.73 Å². The van der Waals surface area contributed by atoms with Gasteiger partial charge in [-0.3, -0.25) is 0 Å². The van der Waals surface area contributed by atoms with Gasteiger partial charge >= 0.3 is 0 Å². The molecule has 0 radical (unpaired) electrons. The molecule has 2 saturated carbocycles. The maximum Gasteiger partial charge on any atom is 0.00388 e. The lowest BCUT2D eigenvalue weighted by molar-refractivity contribution is 0.261. The van der Waals surface area contributed by atoms with Crippen LogP contribution in [0.2, 0.25) is 0 Å². The summed E-state index contributed by atoms with van der Waals surface area (Å²) in [5, 5.41) is 0. The zero-order valence-electron chi connectivity index (χ0n) is 9.38. The van der Waals surface area contributed by atoms with E-state index in [0.717, 1.165) is 11.8 Å². The Hall–Kier alpha value is -0.0400. The quantitative estimate of drug-likeness (QED) is 0.681. The summed E-state index contributed by atoms with van der Waals surface area (Å²) in [5.41, 5.74) is 6.00. The smallest absolute Gasteiger partial charge is 0.00388 e. The summed E-state index contributed by atoms with van der Waals surface area (Å²) in [4.78, 5) is 0. The van der Waals surface area contributed by atoms with Crippen LogP contribution in [0.1, 0.15) is 64.2 Å². The first-order chi connectivity index (χ1) is 6.86. The molecule has 0 unspecified atom stereocenters. The van der Waals surface area contributed by atoms with E-state index in [9.17, 15) is 0 Å². The molecular weight excluding hydrogens is 170 g/mol. The Kier molecular flexibility index (Phi) is 3.86. The molecule has 1 heteroatoms. The van der Waals surface area contributed by atoms with Crippen LogP contribution in [0.5, 0.6) is 0 Å². The van der Waals surface area contributed by atoms with Gasteiger partial charge in [-0.15, -0.1) is 0 Å². The molecule has 2 aliphatic carbocycles. The third-order valence-electron chi connectivity index (χ3n) is 4.37. The predicted octanol–water partition coefficient (Wildman–Crippen LogP) is 3.47. The van der Waals surface area contributed by atoms with Crippen LogP contribution in [0.15, 0.2) is 0 Å². The Balaban J connectivity index is 1.80.